The first-order valence-electron chi connectivity index (χ1n) is 3.69. The summed E-state index contributed by atoms with van der Waals surface area (Å²) in [5.74, 6) is 0. The van der Waals surface area contributed by atoms with E-state index in [1.54, 1.807) is 4.82 Å². The highest BCUT2D eigenvalue weighted by atomic mass is 28.3. The highest BCUT2D eigenvalue weighted by molar-refractivity contribution is 6.69. The van der Waals surface area contributed by atoms with Crippen LogP contribution in [0.2, 0.25) is 12.1 Å². The van der Waals surface area contributed by atoms with Gasteiger partial charge in [0.2, 0.25) is 0 Å². The lowest BCUT2D eigenvalue weighted by Gasteiger charge is -1.97. The van der Waals surface area contributed by atoms with Gasteiger partial charge in [-0.3, -0.25) is 0 Å². The molecule has 0 amide bonds. The van der Waals surface area contributed by atoms with Gasteiger partial charge >= 0.3 is 0 Å². The van der Waals surface area contributed by atoms with Gasteiger partial charge in [0.15, 0.2) is 0 Å². The minimum atomic E-state index is 0.0168. The first-order valence-corrected chi connectivity index (χ1v) is 7.11. The summed E-state index contributed by atoms with van der Waals surface area (Å²) in [6.07, 6.45) is 4.03. The standard InChI is InChI=1S/C8H16Si2/c1-4-6-9-8(3)10-7-5-2/h4-5H,1-3,6-7,9-10H2. The third-order valence-corrected chi connectivity index (χ3v) is 6.33. The maximum absolute atomic E-state index is 4.06. The van der Waals surface area contributed by atoms with E-state index in [0.717, 1.165) is 0 Å². The van der Waals surface area contributed by atoms with Gasteiger partial charge in [-0.15, -0.1) is 24.6 Å². The fraction of sp³-hybridized carbons (Fsp3) is 0.250. The molecule has 0 bridgehead atoms. The fourth-order valence-corrected chi connectivity index (χ4v) is 4.19. The van der Waals surface area contributed by atoms with Gasteiger partial charge in [-0.25, -0.2) is 0 Å². The first-order chi connectivity index (χ1) is 4.81. The van der Waals surface area contributed by atoms with Crippen molar-refractivity contribution in [3.63, 3.8) is 0 Å². The average Bonchev–Trinajstić information content (AvgIpc) is 1.97. The van der Waals surface area contributed by atoms with E-state index in [4.69, 9.17) is 0 Å². The second-order valence-electron chi connectivity index (χ2n) is 2.40. The van der Waals surface area contributed by atoms with E-state index >= 15 is 0 Å². The molecule has 0 N–H and O–H groups in total. The molecule has 0 radical (unpaired) electrons. The molecule has 0 saturated carbocycles. The molecule has 2 heteroatoms. The van der Waals surface area contributed by atoms with Gasteiger partial charge in [0.05, 0.1) is 0 Å². The van der Waals surface area contributed by atoms with Crippen LogP contribution in [0, 0.1) is 0 Å². The van der Waals surface area contributed by atoms with E-state index in [1.807, 2.05) is 12.2 Å². The topological polar surface area (TPSA) is 0 Å². The normalized spacial score (nSPS) is 11.2. The maximum atomic E-state index is 4.06. The lowest BCUT2D eigenvalue weighted by molar-refractivity contribution is 1.69. The number of allylic oxidation sites excluding steroid dienone is 2. The molecular formula is C8H16Si2. The van der Waals surface area contributed by atoms with Crippen molar-refractivity contribution < 1.29 is 0 Å². The van der Waals surface area contributed by atoms with E-state index in [0.29, 0.717) is 0 Å². The molecule has 0 fully saturated rings. The lowest BCUT2D eigenvalue weighted by atomic mass is 10.8. The summed E-state index contributed by atoms with van der Waals surface area (Å²) in [5, 5.41) is 0. The largest absolute Gasteiger partial charge is 0.110 e. The summed E-state index contributed by atoms with van der Waals surface area (Å²) < 4.78 is 0. The fourth-order valence-electron chi connectivity index (χ4n) is 0.737. The molecule has 0 aromatic heterocycles. The van der Waals surface area contributed by atoms with Crippen LogP contribution >= 0.6 is 0 Å². The molecule has 0 aromatic carbocycles. The van der Waals surface area contributed by atoms with Gasteiger partial charge < -0.3 is 0 Å². The summed E-state index contributed by atoms with van der Waals surface area (Å²) >= 11 is 0. The van der Waals surface area contributed by atoms with Crippen molar-refractivity contribution in [3.8, 4) is 0 Å². The van der Waals surface area contributed by atoms with Crippen molar-refractivity contribution in [1.82, 2.24) is 0 Å². The average molecular weight is 168 g/mol. The second kappa shape index (κ2) is 6.77. The second-order valence-corrected chi connectivity index (χ2v) is 7.56. The summed E-state index contributed by atoms with van der Waals surface area (Å²) in [6, 6.07) is 2.45. The van der Waals surface area contributed by atoms with Crippen LogP contribution in [-0.2, 0) is 0 Å². The molecule has 0 unspecified atom stereocenters. The van der Waals surface area contributed by atoms with Crippen LogP contribution in [-0.4, -0.2) is 19.0 Å². The van der Waals surface area contributed by atoms with E-state index in [1.165, 1.54) is 12.1 Å². The monoisotopic (exact) mass is 168 g/mol. The molecule has 0 atom stereocenters. The highest BCUT2D eigenvalue weighted by Gasteiger charge is 1.91. The molecule has 0 saturated heterocycles. The Morgan fingerprint density at radius 2 is 1.50 bits per heavy atom. The molecule has 0 aliphatic carbocycles. The van der Waals surface area contributed by atoms with Crippen LogP contribution in [0.15, 0.2) is 36.7 Å². The van der Waals surface area contributed by atoms with E-state index < -0.39 is 0 Å². The molecule has 56 valence electrons. The Kier molecular flexibility index (Phi) is 6.53. The van der Waals surface area contributed by atoms with Crippen molar-refractivity contribution in [2.75, 3.05) is 0 Å². The van der Waals surface area contributed by atoms with Crippen LogP contribution in [0.4, 0.5) is 0 Å². The molecule has 10 heavy (non-hydrogen) atoms. The number of rotatable bonds is 6. The Labute approximate surface area is 68.4 Å². The van der Waals surface area contributed by atoms with Crippen molar-refractivity contribution >= 4 is 19.0 Å². The molecule has 0 nitrogen and oxygen atoms in total. The third-order valence-electron chi connectivity index (χ3n) is 1.40. The maximum Gasteiger partial charge on any atom is 0.0468 e. The molecule has 0 aromatic rings. The van der Waals surface area contributed by atoms with Crippen LogP contribution in [0.3, 0.4) is 0 Å². The van der Waals surface area contributed by atoms with Crippen molar-refractivity contribution in [3.05, 3.63) is 36.7 Å². The summed E-state index contributed by atoms with van der Waals surface area (Å²) in [4.78, 5) is 1.58. The summed E-state index contributed by atoms with van der Waals surface area (Å²) in [6.45, 7) is 11.5. The van der Waals surface area contributed by atoms with Crippen LogP contribution in [0.1, 0.15) is 0 Å². The Bertz CT molecular complexity index is 113. The smallest absolute Gasteiger partial charge is 0.0468 e. The van der Waals surface area contributed by atoms with E-state index in [-0.39, 0.29) is 19.0 Å². The lowest BCUT2D eigenvalue weighted by Crippen LogP contribution is -2.00. The zero-order valence-corrected chi connectivity index (χ0v) is 9.43. The van der Waals surface area contributed by atoms with E-state index in [9.17, 15) is 0 Å². The zero-order valence-electron chi connectivity index (χ0n) is 6.60. The van der Waals surface area contributed by atoms with Gasteiger partial charge in [-0.1, -0.05) is 12.2 Å². The Morgan fingerprint density at radius 1 is 1.10 bits per heavy atom. The Balaban J connectivity index is 3.24. The molecule has 0 aliphatic heterocycles. The van der Waals surface area contributed by atoms with E-state index in [2.05, 4.69) is 19.7 Å². The third kappa shape index (κ3) is 5.78. The predicted octanol–water partition coefficient (Wildman–Crippen LogP) is 1.00. The number of hydrogen-bond acceptors (Lipinski definition) is 0. The van der Waals surface area contributed by atoms with Crippen LogP contribution in [0.25, 0.3) is 0 Å². The molecule has 0 spiro atoms. The van der Waals surface area contributed by atoms with Gasteiger partial charge in [0.1, 0.15) is 0 Å². The minimum absolute atomic E-state index is 0.0168. The van der Waals surface area contributed by atoms with Crippen molar-refractivity contribution in [1.29, 1.82) is 0 Å². The van der Waals surface area contributed by atoms with Gasteiger partial charge in [-0.2, -0.15) is 0 Å². The summed E-state index contributed by atoms with van der Waals surface area (Å²) in [5.41, 5.74) is 0. The Morgan fingerprint density at radius 3 is 1.80 bits per heavy atom. The van der Waals surface area contributed by atoms with Gasteiger partial charge in [-0.05, 0) is 12.1 Å². The predicted molar refractivity (Wildman–Crippen MR) is 56.2 cm³/mol. The molecular weight excluding hydrogens is 152 g/mol. The molecule has 0 heterocycles. The minimum Gasteiger partial charge on any atom is -0.110 e. The molecule has 0 rings (SSSR count). The SMILES string of the molecule is C=CC[SiH2]C(=C)[SiH2]CC=C. The number of hydrogen-bond donors (Lipinski definition) is 0. The van der Waals surface area contributed by atoms with Crippen molar-refractivity contribution in [2.45, 2.75) is 12.1 Å². The van der Waals surface area contributed by atoms with Crippen LogP contribution in [0.5, 0.6) is 0 Å². The van der Waals surface area contributed by atoms with Gasteiger partial charge in [0.25, 0.3) is 0 Å². The quantitative estimate of drug-likeness (QED) is 0.410. The zero-order chi connectivity index (χ0) is 7.82. The summed E-state index contributed by atoms with van der Waals surface area (Å²) in [7, 11) is 0.0336. The Hall–Kier alpha value is -0.346. The first kappa shape index (κ1) is 9.65. The van der Waals surface area contributed by atoms with Crippen molar-refractivity contribution in [2.24, 2.45) is 0 Å². The van der Waals surface area contributed by atoms with Crippen LogP contribution < -0.4 is 0 Å². The van der Waals surface area contributed by atoms with Gasteiger partial charge in [0, 0.05) is 19.0 Å². The highest BCUT2D eigenvalue weighted by Crippen LogP contribution is 1.93. The molecule has 0 aliphatic rings.